The first-order chi connectivity index (χ1) is 11.6. The van der Waals surface area contributed by atoms with Gasteiger partial charge < -0.3 is 9.84 Å². The topological polar surface area (TPSA) is 75.8 Å². The fraction of sp³-hybridized carbons (Fsp3) is 0.333. The predicted octanol–water partition coefficient (Wildman–Crippen LogP) is 3.16. The van der Waals surface area contributed by atoms with Gasteiger partial charge in [-0.1, -0.05) is 36.4 Å². The van der Waals surface area contributed by atoms with Crippen molar-refractivity contribution >= 4 is 5.69 Å². The molecule has 24 heavy (non-hydrogen) atoms. The fourth-order valence-electron chi connectivity index (χ4n) is 2.81. The Bertz CT molecular complexity index is 676. The molecule has 0 aliphatic carbocycles. The third kappa shape index (κ3) is 4.31. The summed E-state index contributed by atoms with van der Waals surface area (Å²) in [6.45, 7) is 0.682. The first-order valence-electron chi connectivity index (χ1n) is 7.74. The first-order valence-corrected chi connectivity index (χ1v) is 7.74. The standard InChI is InChI=1S/C18H22N2O4/c1-19(16(10-11-21)15-6-4-3-5-7-15)13-14-8-9-17(20(22)23)18(12-14)24-2/h3-9,12,16,21H,10-11,13H2,1-2H3. The minimum absolute atomic E-state index is 0.0427. The lowest BCUT2D eigenvalue weighted by atomic mass is 10.0. The monoisotopic (exact) mass is 330 g/mol. The minimum Gasteiger partial charge on any atom is -0.490 e. The molecule has 2 rings (SSSR count). The van der Waals surface area contributed by atoms with E-state index in [4.69, 9.17) is 4.74 Å². The molecule has 0 aliphatic rings. The van der Waals surface area contributed by atoms with E-state index in [1.807, 2.05) is 37.4 Å². The van der Waals surface area contributed by atoms with E-state index in [1.165, 1.54) is 13.2 Å². The van der Waals surface area contributed by atoms with Crippen LogP contribution < -0.4 is 4.74 Å². The molecule has 0 spiro atoms. The molecule has 0 aromatic heterocycles. The zero-order valence-electron chi connectivity index (χ0n) is 13.9. The van der Waals surface area contributed by atoms with E-state index in [2.05, 4.69) is 4.90 Å². The van der Waals surface area contributed by atoms with Crippen LogP contribution in [-0.2, 0) is 6.54 Å². The zero-order chi connectivity index (χ0) is 17.5. The Balaban J connectivity index is 2.20. The number of benzene rings is 2. The van der Waals surface area contributed by atoms with Crippen molar-refractivity contribution in [1.29, 1.82) is 0 Å². The second-order valence-electron chi connectivity index (χ2n) is 5.62. The van der Waals surface area contributed by atoms with Gasteiger partial charge in [-0.25, -0.2) is 0 Å². The van der Waals surface area contributed by atoms with Crippen LogP contribution in [-0.4, -0.2) is 35.7 Å². The van der Waals surface area contributed by atoms with E-state index in [-0.39, 0.29) is 24.1 Å². The molecule has 1 N–H and O–H groups in total. The van der Waals surface area contributed by atoms with E-state index in [9.17, 15) is 15.2 Å². The second-order valence-corrected chi connectivity index (χ2v) is 5.62. The van der Waals surface area contributed by atoms with E-state index >= 15 is 0 Å². The third-order valence-electron chi connectivity index (χ3n) is 3.99. The molecule has 0 heterocycles. The first kappa shape index (κ1) is 17.9. The summed E-state index contributed by atoms with van der Waals surface area (Å²) < 4.78 is 5.12. The van der Waals surface area contributed by atoms with Gasteiger partial charge in [-0.2, -0.15) is 0 Å². The number of nitro groups is 1. The van der Waals surface area contributed by atoms with Crippen molar-refractivity contribution in [2.45, 2.75) is 19.0 Å². The summed E-state index contributed by atoms with van der Waals surface area (Å²) in [5, 5.41) is 20.4. The molecule has 6 heteroatoms. The average molecular weight is 330 g/mol. The Labute approximate surface area is 141 Å². The van der Waals surface area contributed by atoms with Crippen LogP contribution >= 0.6 is 0 Å². The Morgan fingerprint density at radius 1 is 1.25 bits per heavy atom. The van der Waals surface area contributed by atoms with Crippen molar-refractivity contribution in [3.8, 4) is 5.75 Å². The van der Waals surface area contributed by atoms with E-state index in [0.29, 0.717) is 13.0 Å². The number of methoxy groups -OCH3 is 1. The third-order valence-corrected chi connectivity index (χ3v) is 3.99. The molecule has 2 aromatic carbocycles. The Morgan fingerprint density at radius 3 is 2.54 bits per heavy atom. The Hall–Kier alpha value is -2.44. The molecular formula is C18H22N2O4. The average Bonchev–Trinajstić information content (AvgIpc) is 2.59. The molecule has 0 radical (unpaired) electrons. The van der Waals surface area contributed by atoms with Crippen LogP contribution in [0.25, 0.3) is 0 Å². The lowest BCUT2D eigenvalue weighted by Crippen LogP contribution is -2.25. The SMILES string of the molecule is COc1cc(CN(C)C(CCO)c2ccccc2)ccc1[N+](=O)[O-]. The molecule has 0 amide bonds. The number of rotatable bonds is 8. The summed E-state index contributed by atoms with van der Waals surface area (Å²) in [6.07, 6.45) is 0.616. The summed E-state index contributed by atoms with van der Waals surface area (Å²) in [6, 6.07) is 14.9. The van der Waals surface area contributed by atoms with Crippen molar-refractivity contribution in [1.82, 2.24) is 4.90 Å². The maximum atomic E-state index is 11.0. The molecule has 2 aromatic rings. The van der Waals surface area contributed by atoms with Crippen LogP contribution in [0, 0.1) is 10.1 Å². The highest BCUT2D eigenvalue weighted by molar-refractivity contribution is 5.48. The molecule has 6 nitrogen and oxygen atoms in total. The lowest BCUT2D eigenvalue weighted by Gasteiger charge is -2.28. The van der Waals surface area contributed by atoms with Crippen molar-refractivity contribution in [3.63, 3.8) is 0 Å². The number of aliphatic hydroxyl groups is 1. The predicted molar refractivity (Wildman–Crippen MR) is 92.0 cm³/mol. The Kier molecular flexibility index (Phi) is 6.28. The van der Waals surface area contributed by atoms with Gasteiger partial charge in [0.1, 0.15) is 0 Å². The smallest absolute Gasteiger partial charge is 0.310 e. The van der Waals surface area contributed by atoms with Gasteiger partial charge in [-0.15, -0.1) is 0 Å². The molecule has 0 saturated carbocycles. The highest BCUT2D eigenvalue weighted by Gasteiger charge is 2.19. The largest absolute Gasteiger partial charge is 0.490 e. The van der Waals surface area contributed by atoms with Gasteiger partial charge in [-0.05, 0) is 30.7 Å². The van der Waals surface area contributed by atoms with Crippen LogP contribution in [0.4, 0.5) is 5.69 Å². The van der Waals surface area contributed by atoms with Crippen LogP contribution in [0.2, 0.25) is 0 Å². The van der Waals surface area contributed by atoms with Gasteiger partial charge >= 0.3 is 5.69 Å². The van der Waals surface area contributed by atoms with Crippen molar-refractivity contribution < 1.29 is 14.8 Å². The highest BCUT2D eigenvalue weighted by Crippen LogP contribution is 2.30. The minimum atomic E-state index is -0.454. The summed E-state index contributed by atoms with van der Waals surface area (Å²) in [7, 11) is 3.40. The van der Waals surface area contributed by atoms with Crippen molar-refractivity contribution in [3.05, 3.63) is 69.8 Å². The molecular weight excluding hydrogens is 308 g/mol. The summed E-state index contributed by atoms with van der Waals surface area (Å²) in [4.78, 5) is 12.6. The Morgan fingerprint density at radius 2 is 1.96 bits per heavy atom. The van der Waals surface area contributed by atoms with E-state index < -0.39 is 4.92 Å². The maximum absolute atomic E-state index is 11.0. The normalized spacial score (nSPS) is 12.2. The fourth-order valence-corrected chi connectivity index (χ4v) is 2.81. The van der Waals surface area contributed by atoms with Crippen LogP contribution in [0.3, 0.4) is 0 Å². The van der Waals surface area contributed by atoms with Gasteiger partial charge in [-0.3, -0.25) is 15.0 Å². The molecule has 0 bridgehead atoms. The number of aliphatic hydroxyl groups excluding tert-OH is 1. The van der Waals surface area contributed by atoms with Crippen LogP contribution in [0.5, 0.6) is 5.75 Å². The molecule has 1 unspecified atom stereocenters. The van der Waals surface area contributed by atoms with E-state index in [1.54, 1.807) is 12.1 Å². The van der Waals surface area contributed by atoms with Gasteiger partial charge in [0.2, 0.25) is 0 Å². The second kappa shape index (κ2) is 8.42. The van der Waals surface area contributed by atoms with Gasteiger partial charge in [0.25, 0.3) is 0 Å². The molecule has 128 valence electrons. The summed E-state index contributed by atoms with van der Waals surface area (Å²) in [5.41, 5.74) is 2.00. The molecule has 1 atom stereocenters. The van der Waals surface area contributed by atoms with Crippen molar-refractivity contribution in [2.75, 3.05) is 20.8 Å². The van der Waals surface area contributed by atoms with Gasteiger partial charge in [0.05, 0.1) is 12.0 Å². The molecule has 0 saturated heterocycles. The zero-order valence-corrected chi connectivity index (χ0v) is 13.9. The van der Waals surface area contributed by atoms with Gasteiger partial charge in [0, 0.05) is 25.3 Å². The number of nitro benzene ring substituents is 1. The lowest BCUT2D eigenvalue weighted by molar-refractivity contribution is -0.385. The van der Waals surface area contributed by atoms with Gasteiger partial charge in [0.15, 0.2) is 5.75 Å². The molecule has 0 aliphatic heterocycles. The van der Waals surface area contributed by atoms with Crippen LogP contribution in [0.15, 0.2) is 48.5 Å². The number of ether oxygens (including phenoxy) is 1. The number of hydrogen-bond donors (Lipinski definition) is 1. The highest BCUT2D eigenvalue weighted by atomic mass is 16.6. The van der Waals surface area contributed by atoms with Crippen LogP contribution in [0.1, 0.15) is 23.6 Å². The summed E-state index contributed by atoms with van der Waals surface area (Å²) in [5.74, 6) is 0.254. The number of hydrogen-bond acceptors (Lipinski definition) is 5. The summed E-state index contributed by atoms with van der Waals surface area (Å²) >= 11 is 0. The van der Waals surface area contributed by atoms with Crippen molar-refractivity contribution in [2.24, 2.45) is 0 Å². The quantitative estimate of drug-likeness (QED) is 0.594. The number of nitrogens with zero attached hydrogens (tertiary/aromatic N) is 2. The molecule has 0 fully saturated rings. The maximum Gasteiger partial charge on any atom is 0.310 e. The van der Waals surface area contributed by atoms with E-state index in [0.717, 1.165) is 11.1 Å².